The van der Waals surface area contributed by atoms with Gasteiger partial charge in [-0.15, -0.1) is 0 Å². The van der Waals surface area contributed by atoms with E-state index in [-0.39, 0.29) is 0 Å². The maximum Gasteiger partial charge on any atom is 0.225 e. The normalized spacial score (nSPS) is 15.5. The first-order valence-electron chi connectivity index (χ1n) is 8.54. The van der Waals surface area contributed by atoms with Gasteiger partial charge in [-0.1, -0.05) is 0 Å². The number of guanidine groups is 1. The molecular weight excluding hydrogens is 323 g/mol. The molecule has 2 aromatic rings. The lowest BCUT2D eigenvalue weighted by molar-refractivity contribution is 0.369. The van der Waals surface area contributed by atoms with Crippen LogP contribution in [0.3, 0.4) is 0 Å². The number of nitrogens with zero attached hydrogens (tertiary/aromatic N) is 5. The molecule has 1 saturated heterocycles. The monoisotopic (exact) mass is 346 g/mol. The lowest BCUT2D eigenvalue weighted by atomic mass is 10.3. The van der Waals surface area contributed by atoms with Crippen molar-refractivity contribution >= 4 is 11.9 Å². The van der Waals surface area contributed by atoms with Gasteiger partial charge < -0.3 is 19.5 Å². The van der Waals surface area contributed by atoms with E-state index in [1.807, 2.05) is 12.1 Å². The van der Waals surface area contributed by atoms with Gasteiger partial charge in [0.1, 0.15) is 5.76 Å². The minimum Gasteiger partial charge on any atom is -0.469 e. The van der Waals surface area contributed by atoms with Gasteiger partial charge in [0, 0.05) is 45.7 Å². The Kier molecular flexibility index (Phi) is 5.81. The molecule has 3 rings (SSSR count). The molecule has 1 aliphatic rings. The first-order valence-corrected chi connectivity index (χ1v) is 8.54. The Morgan fingerprint density at radius 3 is 2.68 bits per heavy atom. The van der Waals surface area contributed by atoms with Crippen LogP contribution in [0.5, 0.6) is 0 Å². The summed E-state index contributed by atoms with van der Waals surface area (Å²) in [7, 11) is 0. The van der Waals surface area contributed by atoms with Gasteiger partial charge in [-0.05, 0) is 19.1 Å². The number of aromatic nitrogens is 2. The summed E-state index contributed by atoms with van der Waals surface area (Å²) in [5.41, 5.74) is 0. The molecule has 0 atom stereocenters. The summed E-state index contributed by atoms with van der Waals surface area (Å²) in [5.74, 6) is 2.01. The van der Waals surface area contributed by atoms with Crippen LogP contribution < -0.4 is 10.2 Å². The third kappa shape index (κ3) is 4.68. The largest absolute Gasteiger partial charge is 0.469 e. The van der Waals surface area contributed by atoms with E-state index in [0.29, 0.717) is 12.5 Å². The number of piperazine rings is 1. The molecule has 0 aromatic carbocycles. The third-order valence-corrected chi connectivity index (χ3v) is 4.00. The first kappa shape index (κ1) is 17.2. The Bertz CT molecular complexity index is 665. The quantitative estimate of drug-likeness (QED) is 0.654. The molecule has 0 amide bonds. The van der Waals surface area contributed by atoms with E-state index in [4.69, 9.17) is 9.41 Å². The van der Waals surface area contributed by atoms with Gasteiger partial charge in [0.05, 0.1) is 18.7 Å². The summed E-state index contributed by atoms with van der Waals surface area (Å²) in [6.07, 6.45) is 4.87. The van der Waals surface area contributed by atoms with Gasteiger partial charge in [-0.25, -0.2) is 14.4 Å². The molecule has 0 radical (unpaired) electrons. The maximum atomic E-state index is 12.9. The van der Waals surface area contributed by atoms with Crippen LogP contribution in [0.1, 0.15) is 12.7 Å². The van der Waals surface area contributed by atoms with Gasteiger partial charge >= 0.3 is 0 Å². The van der Waals surface area contributed by atoms with E-state index in [9.17, 15) is 4.39 Å². The van der Waals surface area contributed by atoms with Crippen molar-refractivity contribution < 1.29 is 8.81 Å². The number of rotatable bonds is 5. The van der Waals surface area contributed by atoms with Crippen molar-refractivity contribution in [3.05, 3.63) is 42.4 Å². The molecule has 1 N–H and O–H groups in total. The van der Waals surface area contributed by atoms with Gasteiger partial charge in [0.25, 0.3) is 0 Å². The van der Waals surface area contributed by atoms with Crippen molar-refractivity contribution in [3.8, 4) is 0 Å². The van der Waals surface area contributed by atoms with Crippen molar-refractivity contribution in [2.75, 3.05) is 44.2 Å². The fraction of sp³-hybridized carbons (Fsp3) is 0.471. The Hall–Kier alpha value is -2.64. The molecule has 134 valence electrons. The van der Waals surface area contributed by atoms with E-state index in [1.165, 1.54) is 12.4 Å². The smallest absolute Gasteiger partial charge is 0.225 e. The van der Waals surface area contributed by atoms with Crippen molar-refractivity contribution in [3.63, 3.8) is 0 Å². The summed E-state index contributed by atoms with van der Waals surface area (Å²) in [4.78, 5) is 17.1. The van der Waals surface area contributed by atoms with E-state index >= 15 is 0 Å². The molecule has 0 aliphatic carbocycles. The lowest BCUT2D eigenvalue weighted by Crippen LogP contribution is -2.53. The Labute approximate surface area is 146 Å². The minimum atomic E-state index is -0.416. The predicted octanol–water partition coefficient (Wildman–Crippen LogP) is 1.54. The molecule has 0 saturated carbocycles. The van der Waals surface area contributed by atoms with Crippen LogP contribution in [-0.4, -0.2) is 60.1 Å². The molecule has 1 aliphatic heterocycles. The highest BCUT2D eigenvalue weighted by Crippen LogP contribution is 2.11. The third-order valence-electron chi connectivity index (χ3n) is 4.00. The Balaban J connectivity index is 1.55. The van der Waals surface area contributed by atoms with Gasteiger partial charge in [-0.2, -0.15) is 0 Å². The zero-order chi connectivity index (χ0) is 17.5. The summed E-state index contributed by atoms with van der Waals surface area (Å²) in [6, 6.07) is 3.85. The van der Waals surface area contributed by atoms with Crippen LogP contribution in [0.4, 0.5) is 10.3 Å². The topological polar surface area (TPSA) is 69.8 Å². The van der Waals surface area contributed by atoms with Crippen LogP contribution in [0.15, 0.2) is 40.2 Å². The minimum absolute atomic E-state index is 0.416. The number of hydrogen-bond donors (Lipinski definition) is 1. The molecule has 0 spiro atoms. The van der Waals surface area contributed by atoms with Gasteiger partial charge in [-0.3, -0.25) is 4.99 Å². The average molecular weight is 346 g/mol. The number of hydrogen-bond acceptors (Lipinski definition) is 5. The first-order chi connectivity index (χ1) is 12.3. The summed E-state index contributed by atoms with van der Waals surface area (Å²) < 4.78 is 18.3. The summed E-state index contributed by atoms with van der Waals surface area (Å²) in [5, 5.41) is 3.34. The number of halogens is 1. The molecule has 3 heterocycles. The highest BCUT2D eigenvalue weighted by Gasteiger charge is 2.21. The van der Waals surface area contributed by atoms with Gasteiger partial charge in [0.2, 0.25) is 5.95 Å². The lowest BCUT2D eigenvalue weighted by Gasteiger charge is -2.36. The Morgan fingerprint density at radius 1 is 1.28 bits per heavy atom. The average Bonchev–Trinajstić information content (AvgIpc) is 3.15. The zero-order valence-corrected chi connectivity index (χ0v) is 14.4. The maximum absolute atomic E-state index is 12.9. The summed E-state index contributed by atoms with van der Waals surface area (Å²) >= 11 is 0. The second-order valence-corrected chi connectivity index (χ2v) is 5.74. The fourth-order valence-electron chi connectivity index (χ4n) is 2.74. The van der Waals surface area contributed by atoms with Crippen LogP contribution in [0, 0.1) is 5.82 Å². The second-order valence-electron chi connectivity index (χ2n) is 5.74. The molecular formula is C17H23FN6O. The van der Waals surface area contributed by atoms with Crippen LogP contribution in [-0.2, 0) is 6.42 Å². The summed E-state index contributed by atoms with van der Waals surface area (Å²) in [6.45, 7) is 6.73. The standard InChI is InChI=1S/C17H23FN6O/c1-2-19-16(20-6-5-15-4-3-11-25-15)23-7-9-24(10-8-23)17-21-12-14(18)13-22-17/h3-4,11-13H,2,5-10H2,1H3,(H,19,20). The molecule has 25 heavy (non-hydrogen) atoms. The van der Waals surface area contributed by atoms with E-state index in [0.717, 1.165) is 50.9 Å². The van der Waals surface area contributed by atoms with E-state index in [1.54, 1.807) is 6.26 Å². The highest BCUT2D eigenvalue weighted by molar-refractivity contribution is 5.80. The number of anilines is 1. The highest BCUT2D eigenvalue weighted by atomic mass is 19.1. The van der Waals surface area contributed by atoms with Crippen LogP contribution in [0.2, 0.25) is 0 Å². The van der Waals surface area contributed by atoms with Gasteiger partial charge in [0.15, 0.2) is 11.8 Å². The molecule has 0 unspecified atom stereocenters. The zero-order valence-electron chi connectivity index (χ0n) is 14.4. The van der Waals surface area contributed by atoms with Crippen LogP contribution in [0.25, 0.3) is 0 Å². The molecule has 1 fully saturated rings. The second kappa shape index (κ2) is 8.46. The Morgan fingerprint density at radius 2 is 2.04 bits per heavy atom. The molecule has 0 bridgehead atoms. The predicted molar refractivity (Wildman–Crippen MR) is 94.2 cm³/mol. The molecule has 7 nitrogen and oxygen atoms in total. The number of nitrogens with one attached hydrogen (secondary N) is 1. The van der Waals surface area contributed by atoms with E-state index < -0.39 is 5.82 Å². The number of furan rings is 1. The van der Waals surface area contributed by atoms with Crippen LogP contribution >= 0.6 is 0 Å². The van der Waals surface area contributed by atoms with Crippen molar-refractivity contribution in [1.82, 2.24) is 20.2 Å². The fourth-order valence-corrected chi connectivity index (χ4v) is 2.74. The number of aliphatic imine (C=N–C) groups is 1. The van der Waals surface area contributed by atoms with Crippen molar-refractivity contribution in [1.29, 1.82) is 0 Å². The van der Waals surface area contributed by atoms with E-state index in [2.05, 4.69) is 32.0 Å². The van der Waals surface area contributed by atoms with Crippen molar-refractivity contribution in [2.45, 2.75) is 13.3 Å². The SMILES string of the molecule is CCNC(=NCCc1ccco1)N1CCN(c2ncc(F)cn2)CC1. The molecule has 2 aromatic heterocycles. The molecule has 8 heteroatoms. The van der Waals surface area contributed by atoms with Crippen molar-refractivity contribution in [2.24, 2.45) is 4.99 Å².